The molecule has 1 aliphatic carbocycles. The van der Waals surface area contributed by atoms with Gasteiger partial charge in [-0.3, -0.25) is 4.79 Å². The maximum absolute atomic E-state index is 12.6. The van der Waals surface area contributed by atoms with E-state index in [1.807, 2.05) is 30.3 Å². The molecule has 174 valence electrons. The van der Waals surface area contributed by atoms with Crippen LogP contribution in [-0.4, -0.2) is 36.5 Å². The number of rotatable bonds is 10. The molecule has 2 N–H and O–H groups in total. The summed E-state index contributed by atoms with van der Waals surface area (Å²) >= 11 is 0. The van der Waals surface area contributed by atoms with E-state index >= 15 is 0 Å². The number of aliphatic hydroxyl groups is 2. The van der Waals surface area contributed by atoms with Gasteiger partial charge in [-0.1, -0.05) is 71.2 Å². The molecule has 4 nitrogen and oxygen atoms in total. The molecule has 4 atom stereocenters. The molecule has 0 aliphatic heterocycles. The molecular weight excluding hydrogens is 404 g/mol. The molecule has 0 saturated heterocycles. The predicted molar refractivity (Wildman–Crippen MR) is 130 cm³/mol. The van der Waals surface area contributed by atoms with E-state index in [2.05, 4.69) is 40.8 Å². The molecule has 0 heterocycles. The van der Waals surface area contributed by atoms with Gasteiger partial charge in [0.2, 0.25) is 8.32 Å². The Morgan fingerprint density at radius 3 is 2.61 bits per heavy atom. The van der Waals surface area contributed by atoms with E-state index in [0.29, 0.717) is 6.42 Å². The normalized spacial score (nSPS) is 23.5. The first-order valence-electron chi connectivity index (χ1n) is 11.8. The third kappa shape index (κ3) is 7.30. The first kappa shape index (κ1) is 25.8. The van der Waals surface area contributed by atoms with Crippen molar-refractivity contribution in [2.45, 2.75) is 96.6 Å². The summed E-state index contributed by atoms with van der Waals surface area (Å²) in [5.41, 5.74) is 1.05. The quantitative estimate of drug-likeness (QED) is 0.276. The number of Topliss-reactive ketones (excluding diaryl/α,β-unsaturated/α-hetero) is 1. The molecule has 2 rings (SSSR count). The van der Waals surface area contributed by atoms with Crippen LogP contribution >= 0.6 is 0 Å². The minimum Gasteiger partial charge on any atom is -0.543 e. The SMILES string of the molecule is CCCCC[C@H](O)C=C[C@H]1[C@H](Cc2cccc(O[Si](C)(C)C(C)(C)C)c2)C(=O)C[C@@H]1O. The average molecular weight is 447 g/mol. The molecule has 1 aromatic carbocycles. The van der Waals surface area contributed by atoms with Gasteiger partial charge in [0, 0.05) is 18.3 Å². The molecule has 5 heteroatoms. The third-order valence-electron chi connectivity index (χ3n) is 6.92. The topological polar surface area (TPSA) is 66.8 Å². The van der Waals surface area contributed by atoms with E-state index in [-0.39, 0.29) is 29.1 Å². The fraction of sp³-hybridized carbons (Fsp3) is 0.654. The van der Waals surface area contributed by atoms with Crippen LogP contribution in [0.3, 0.4) is 0 Å². The molecule has 0 spiro atoms. The van der Waals surface area contributed by atoms with E-state index < -0.39 is 20.5 Å². The van der Waals surface area contributed by atoms with Crippen LogP contribution in [0.1, 0.15) is 65.4 Å². The highest BCUT2D eigenvalue weighted by Gasteiger charge is 2.41. The number of ketones is 1. The van der Waals surface area contributed by atoms with Crippen molar-refractivity contribution in [3.8, 4) is 5.75 Å². The first-order valence-corrected chi connectivity index (χ1v) is 14.7. The van der Waals surface area contributed by atoms with Crippen molar-refractivity contribution in [2.24, 2.45) is 11.8 Å². The zero-order valence-electron chi connectivity index (χ0n) is 20.2. The van der Waals surface area contributed by atoms with Crippen LogP contribution in [-0.2, 0) is 11.2 Å². The summed E-state index contributed by atoms with van der Waals surface area (Å²) in [4.78, 5) is 12.6. The van der Waals surface area contributed by atoms with Crippen molar-refractivity contribution in [3.63, 3.8) is 0 Å². The Bertz CT molecular complexity index is 750. The zero-order valence-corrected chi connectivity index (χ0v) is 21.2. The van der Waals surface area contributed by atoms with E-state index in [1.54, 1.807) is 6.08 Å². The van der Waals surface area contributed by atoms with Gasteiger partial charge in [-0.15, -0.1) is 0 Å². The molecule has 1 aromatic rings. The lowest BCUT2D eigenvalue weighted by Gasteiger charge is -2.36. The summed E-state index contributed by atoms with van der Waals surface area (Å²) in [6.07, 6.45) is 7.13. The predicted octanol–water partition coefficient (Wildman–Crippen LogP) is 5.68. The number of hydrogen-bond donors (Lipinski definition) is 2. The highest BCUT2D eigenvalue weighted by atomic mass is 28.4. The molecule has 0 bridgehead atoms. The Hall–Kier alpha value is -1.43. The second-order valence-corrected chi connectivity index (χ2v) is 15.3. The maximum atomic E-state index is 12.6. The number of unbranched alkanes of at least 4 members (excludes halogenated alkanes) is 2. The van der Waals surface area contributed by atoms with E-state index in [0.717, 1.165) is 37.0 Å². The molecule has 0 unspecified atom stereocenters. The summed E-state index contributed by atoms with van der Waals surface area (Å²) in [5, 5.41) is 20.8. The highest BCUT2D eigenvalue weighted by molar-refractivity contribution is 6.74. The van der Waals surface area contributed by atoms with Crippen LogP contribution in [0.4, 0.5) is 0 Å². The van der Waals surface area contributed by atoms with Crippen molar-refractivity contribution in [2.75, 3.05) is 0 Å². The minimum absolute atomic E-state index is 0.0957. The van der Waals surface area contributed by atoms with Crippen molar-refractivity contribution in [3.05, 3.63) is 42.0 Å². The fourth-order valence-corrected chi connectivity index (χ4v) is 4.90. The number of aliphatic hydroxyl groups excluding tert-OH is 2. The average Bonchev–Trinajstić information content (AvgIpc) is 2.92. The molecule has 0 aromatic heterocycles. The maximum Gasteiger partial charge on any atom is 0.250 e. The van der Waals surface area contributed by atoms with Gasteiger partial charge < -0.3 is 14.6 Å². The Balaban J connectivity index is 2.10. The number of benzene rings is 1. The van der Waals surface area contributed by atoms with Crippen molar-refractivity contribution < 1.29 is 19.4 Å². The number of carbonyl (C=O) groups is 1. The van der Waals surface area contributed by atoms with Crippen molar-refractivity contribution in [1.82, 2.24) is 0 Å². The van der Waals surface area contributed by atoms with Crippen LogP contribution in [0.2, 0.25) is 18.1 Å². The summed E-state index contributed by atoms with van der Waals surface area (Å²) < 4.78 is 6.43. The van der Waals surface area contributed by atoms with Gasteiger partial charge in [-0.05, 0) is 48.7 Å². The Morgan fingerprint density at radius 2 is 1.97 bits per heavy atom. The Kier molecular flexibility index (Phi) is 9.11. The van der Waals surface area contributed by atoms with E-state index in [1.165, 1.54) is 0 Å². The van der Waals surface area contributed by atoms with Crippen LogP contribution < -0.4 is 4.43 Å². The lowest BCUT2D eigenvalue weighted by atomic mass is 9.87. The lowest BCUT2D eigenvalue weighted by molar-refractivity contribution is -0.121. The molecule has 31 heavy (non-hydrogen) atoms. The van der Waals surface area contributed by atoms with E-state index in [9.17, 15) is 15.0 Å². The van der Waals surface area contributed by atoms with Gasteiger partial charge in [0.05, 0.1) is 12.2 Å². The summed E-state index contributed by atoms with van der Waals surface area (Å²) in [6.45, 7) is 13.2. The molecule has 0 radical (unpaired) electrons. The smallest absolute Gasteiger partial charge is 0.250 e. The Morgan fingerprint density at radius 1 is 1.26 bits per heavy atom. The lowest BCUT2D eigenvalue weighted by Crippen LogP contribution is -2.43. The molecule has 1 aliphatic rings. The monoisotopic (exact) mass is 446 g/mol. The summed E-state index contributed by atoms with van der Waals surface area (Å²) in [7, 11) is -1.94. The van der Waals surface area contributed by atoms with Gasteiger partial charge in [0.1, 0.15) is 11.5 Å². The Labute approximate surface area is 189 Å². The van der Waals surface area contributed by atoms with Crippen LogP contribution in [0.15, 0.2) is 36.4 Å². The largest absolute Gasteiger partial charge is 0.543 e. The number of hydrogen-bond acceptors (Lipinski definition) is 4. The van der Waals surface area contributed by atoms with E-state index in [4.69, 9.17) is 4.43 Å². The second-order valence-electron chi connectivity index (χ2n) is 10.6. The molecular formula is C26H42O4Si. The van der Waals surface area contributed by atoms with Gasteiger partial charge in [-0.25, -0.2) is 0 Å². The van der Waals surface area contributed by atoms with Gasteiger partial charge in [0.15, 0.2) is 0 Å². The first-order chi connectivity index (χ1) is 14.4. The number of carbonyl (C=O) groups excluding carboxylic acids is 1. The standard InChI is InChI=1S/C26H42O4Si/c1-7-8-9-12-20(27)14-15-22-23(25(29)18-24(22)28)17-19-11-10-13-21(16-19)30-31(5,6)26(2,3)4/h10-11,13-16,20,22-24,27-28H,7-9,12,17-18H2,1-6H3/t20-,22-,23-,24-/m0/s1. The highest BCUT2D eigenvalue weighted by Crippen LogP contribution is 2.38. The van der Waals surface area contributed by atoms with Crippen molar-refractivity contribution in [1.29, 1.82) is 0 Å². The van der Waals surface area contributed by atoms with Crippen molar-refractivity contribution >= 4 is 14.1 Å². The minimum atomic E-state index is -1.94. The van der Waals surface area contributed by atoms with Gasteiger partial charge >= 0.3 is 0 Å². The van der Waals surface area contributed by atoms with Gasteiger partial charge in [0.25, 0.3) is 0 Å². The molecule has 1 fully saturated rings. The second kappa shape index (κ2) is 10.9. The van der Waals surface area contributed by atoms with Gasteiger partial charge in [-0.2, -0.15) is 0 Å². The van der Waals surface area contributed by atoms with Crippen LogP contribution in [0, 0.1) is 11.8 Å². The zero-order chi connectivity index (χ0) is 23.2. The molecule has 1 saturated carbocycles. The molecule has 0 amide bonds. The fourth-order valence-electron chi connectivity index (χ4n) is 3.88. The van der Waals surface area contributed by atoms with Crippen LogP contribution in [0.25, 0.3) is 0 Å². The summed E-state index contributed by atoms with van der Waals surface area (Å²) in [5.74, 6) is 0.433. The summed E-state index contributed by atoms with van der Waals surface area (Å²) in [6, 6.07) is 8.03. The third-order valence-corrected chi connectivity index (χ3v) is 11.3. The van der Waals surface area contributed by atoms with Crippen LogP contribution in [0.5, 0.6) is 5.75 Å².